The Morgan fingerprint density at radius 3 is 3.12 bits per heavy atom. The van der Waals surface area contributed by atoms with Crippen molar-refractivity contribution >= 4 is 45.4 Å². The molecule has 1 unspecified atom stereocenters. The predicted octanol–water partition coefficient (Wildman–Crippen LogP) is 3.82. The summed E-state index contributed by atoms with van der Waals surface area (Å²) >= 11 is 4.87. The molecular formula is C16H23N5S3. The highest BCUT2D eigenvalue weighted by atomic mass is 32.2. The highest BCUT2D eigenvalue weighted by molar-refractivity contribution is 8.00. The Balaban J connectivity index is 1.61. The fraction of sp³-hybridized carbons (Fsp3) is 0.500. The number of thiazole rings is 1. The maximum atomic E-state index is 7.62. The van der Waals surface area contributed by atoms with Crippen molar-refractivity contribution in [2.45, 2.75) is 35.9 Å². The van der Waals surface area contributed by atoms with Crippen LogP contribution in [0.4, 0.5) is 5.13 Å². The van der Waals surface area contributed by atoms with Crippen LogP contribution in [0.2, 0.25) is 0 Å². The van der Waals surface area contributed by atoms with Gasteiger partial charge in [-0.2, -0.15) is 0 Å². The SMILES string of the molecule is CSc1sc(C(=N)N)cc1-c1csc(NCCC2CCCCN2)n1. The minimum Gasteiger partial charge on any atom is -0.383 e. The number of aromatic nitrogens is 1. The Labute approximate surface area is 155 Å². The van der Waals surface area contributed by atoms with Gasteiger partial charge in [0.15, 0.2) is 5.13 Å². The van der Waals surface area contributed by atoms with Gasteiger partial charge in [-0.3, -0.25) is 5.41 Å². The topological polar surface area (TPSA) is 86.8 Å². The van der Waals surface area contributed by atoms with E-state index in [9.17, 15) is 0 Å². The molecule has 0 spiro atoms. The highest BCUT2D eigenvalue weighted by Crippen LogP contribution is 2.38. The van der Waals surface area contributed by atoms with Crippen LogP contribution >= 0.6 is 34.4 Å². The number of thioether (sulfide) groups is 1. The van der Waals surface area contributed by atoms with Gasteiger partial charge >= 0.3 is 0 Å². The predicted molar refractivity (Wildman–Crippen MR) is 107 cm³/mol. The first-order valence-electron chi connectivity index (χ1n) is 8.12. The van der Waals surface area contributed by atoms with Crippen molar-refractivity contribution in [2.24, 2.45) is 5.73 Å². The molecule has 2 aromatic rings. The molecule has 0 saturated carbocycles. The second-order valence-electron chi connectivity index (χ2n) is 5.83. The van der Waals surface area contributed by atoms with Crippen molar-refractivity contribution in [3.05, 3.63) is 16.3 Å². The Morgan fingerprint density at radius 2 is 2.42 bits per heavy atom. The summed E-state index contributed by atoms with van der Waals surface area (Å²) in [5.74, 6) is 0.120. The second kappa shape index (κ2) is 8.33. The van der Waals surface area contributed by atoms with Crippen LogP contribution in [0.15, 0.2) is 15.7 Å². The molecule has 0 aliphatic carbocycles. The summed E-state index contributed by atoms with van der Waals surface area (Å²) in [7, 11) is 0. The van der Waals surface area contributed by atoms with Crippen LogP contribution in [0.25, 0.3) is 11.3 Å². The Bertz CT molecular complexity index is 688. The van der Waals surface area contributed by atoms with Crippen LogP contribution < -0.4 is 16.4 Å². The zero-order chi connectivity index (χ0) is 16.9. The van der Waals surface area contributed by atoms with Gasteiger partial charge in [0.25, 0.3) is 0 Å². The molecule has 2 aromatic heterocycles. The largest absolute Gasteiger partial charge is 0.383 e. The van der Waals surface area contributed by atoms with Crippen LogP contribution in [-0.2, 0) is 0 Å². The maximum absolute atomic E-state index is 7.62. The molecule has 8 heteroatoms. The molecule has 0 bridgehead atoms. The maximum Gasteiger partial charge on any atom is 0.183 e. The van der Waals surface area contributed by atoms with Crippen LogP contribution in [0.1, 0.15) is 30.6 Å². The third-order valence-corrected chi connectivity index (χ3v) is 7.21. The molecule has 1 aliphatic rings. The average Bonchev–Trinajstić information content (AvgIpc) is 3.22. The summed E-state index contributed by atoms with van der Waals surface area (Å²) in [6.07, 6.45) is 7.11. The molecule has 1 aliphatic heterocycles. The summed E-state index contributed by atoms with van der Waals surface area (Å²) in [5, 5.41) is 17.7. The third-order valence-electron chi connectivity index (χ3n) is 4.11. The van der Waals surface area contributed by atoms with E-state index in [1.807, 2.05) is 12.3 Å². The number of amidine groups is 1. The first kappa shape index (κ1) is 17.7. The molecule has 1 saturated heterocycles. The van der Waals surface area contributed by atoms with Gasteiger partial charge in [-0.25, -0.2) is 4.98 Å². The second-order valence-corrected chi connectivity index (χ2v) is 8.81. The smallest absolute Gasteiger partial charge is 0.183 e. The Hall–Kier alpha value is -1.09. The number of rotatable bonds is 7. The number of thiophene rings is 1. The van der Waals surface area contributed by atoms with Crippen molar-refractivity contribution < 1.29 is 0 Å². The molecule has 3 heterocycles. The molecule has 1 fully saturated rings. The Morgan fingerprint density at radius 1 is 1.54 bits per heavy atom. The lowest BCUT2D eigenvalue weighted by molar-refractivity contribution is 0.389. The summed E-state index contributed by atoms with van der Waals surface area (Å²) < 4.78 is 1.16. The number of nitrogens with one attached hydrogen (secondary N) is 3. The molecule has 5 nitrogen and oxygen atoms in total. The first-order valence-corrected chi connectivity index (χ1v) is 11.0. The van der Waals surface area contributed by atoms with Crippen molar-refractivity contribution in [1.82, 2.24) is 10.3 Å². The number of hydrogen-bond acceptors (Lipinski definition) is 7. The molecule has 3 rings (SSSR count). The third kappa shape index (κ3) is 4.30. The van der Waals surface area contributed by atoms with Gasteiger partial charge in [-0.1, -0.05) is 6.42 Å². The average molecular weight is 382 g/mol. The van der Waals surface area contributed by atoms with E-state index in [2.05, 4.69) is 16.0 Å². The van der Waals surface area contributed by atoms with Crippen LogP contribution in [0.3, 0.4) is 0 Å². The van der Waals surface area contributed by atoms with E-state index in [4.69, 9.17) is 16.1 Å². The number of nitrogen functional groups attached to an aromatic ring is 1. The van der Waals surface area contributed by atoms with Crippen LogP contribution in [0, 0.1) is 5.41 Å². The highest BCUT2D eigenvalue weighted by Gasteiger charge is 2.15. The fourth-order valence-electron chi connectivity index (χ4n) is 2.84. The van der Waals surface area contributed by atoms with Gasteiger partial charge in [0, 0.05) is 23.5 Å². The fourth-order valence-corrected chi connectivity index (χ4v) is 5.32. The van der Waals surface area contributed by atoms with Crippen LogP contribution in [0.5, 0.6) is 0 Å². The van der Waals surface area contributed by atoms with E-state index < -0.39 is 0 Å². The molecule has 5 N–H and O–H groups in total. The van der Waals surface area contributed by atoms with Crippen molar-refractivity contribution in [3.63, 3.8) is 0 Å². The van der Waals surface area contributed by atoms with E-state index in [-0.39, 0.29) is 5.84 Å². The lowest BCUT2D eigenvalue weighted by atomic mass is 10.0. The van der Waals surface area contributed by atoms with Gasteiger partial charge in [0.1, 0.15) is 5.84 Å². The first-order chi connectivity index (χ1) is 11.7. The summed E-state index contributed by atoms with van der Waals surface area (Å²) in [6.45, 7) is 2.10. The summed E-state index contributed by atoms with van der Waals surface area (Å²) in [5.41, 5.74) is 7.66. The van der Waals surface area contributed by atoms with E-state index in [0.717, 1.165) is 45.0 Å². The van der Waals surface area contributed by atoms with Gasteiger partial charge in [-0.05, 0) is 38.1 Å². The van der Waals surface area contributed by atoms with Gasteiger partial charge in [0.2, 0.25) is 0 Å². The minimum absolute atomic E-state index is 0.120. The molecule has 1 atom stereocenters. The van der Waals surface area contributed by atoms with E-state index in [1.165, 1.54) is 19.3 Å². The number of nitrogens with zero attached hydrogens (tertiary/aromatic N) is 1. The molecule has 0 aromatic carbocycles. The number of hydrogen-bond donors (Lipinski definition) is 4. The zero-order valence-corrected chi connectivity index (χ0v) is 16.2. The lowest BCUT2D eigenvalue weighted by Crippen LogP contribution is -2.35. The van der Waals surface area contributed by atoms with E-state index in [0.29, 0.717) is 6.04 Å². The van der Waals surface area contributed by atoms with Gasteiger partial charge < -0.3 is 16.4 Å². The van der Waals surface area contributed by atoms with Gasteiger partial charge in [-0.15, -0.1) is 34.4 Å². The molecule has 0 radical (unpaired) electrons. The normalized spacial score (nSPS) is 17.8. The van der Waals surface area contributed by atoms with Crippen molar-refractivity contribution in [1.29, 1.82) is 5.41 Å². The number of anilines is 1. The molecule has 24 heavy (non-hydrogen) atoms. The quantitative estimate of drug-likeness (QED) is 0.333. The standard InChI is InChI=1S/C16H23N5S3/c1-22-15-11(8-13(24-15)14(17)18)12-9-23-16(21-12)20-7-5-10-4-2-3-6-19-10/h8-10,19H,2-7H2,1H3,(H3,17,18)(H,20,21). The van der Waals surface area contributed by atoms with Crippen molar-refractivity contribution in [3.8, 4) is 11.3 Å². The Kier molecular flexibility index (Phi) is 6.15. The molecular weight excluding hydrogens is 358 g/mol. The van der Waals surface area contributed by atoms with E-state index >= 15 is 0 Å². The van der Waals surface area contributed by atoms with Crippen molar-refractivity contribution in [2.75, 3.05) is 24.7 Å². The molecule has 130 valence electrons. The minimum atomic E-state index is 0.120. The van der Waals surface area contributed by atoms with Gasteiger partial charge in [0.05, 0.1) is 14.8 Å². The molecule has 0 amide bonds. The van der Waals surface area contributed by atoms with Crippen LogP contribution in [-0.4, -0.2) is 36.2 Å². The lowest BCUT2D eigenvalue weighted by Gasteiger charge is -2.23. The summed E-state index contributed by atoms with van der Waals surface area (Å²) in [6, 6.07) is 2.62. The summed E-state index contributed by atoms with van der Waals surface area (Å²) in [4.78, 5) is 5.52. The number of piperidine rings is 1. The zero-order valence-electron chi connectivity index (χ0n) is 13.7. The van der Waals surface area contributed by atoms with E-state index in [1.54, 1.807) is 34.4 Å². The monoisotopic (exact) mass is 381 g/mol. The number of nitrogens with two attached hydrogens (primary N) is 1.